The highest BCUT2D eigenvalue weighted by Crippen LogP contribution is 2.29. The van der Waals surface area contributed by atoms with Crippen molar-refractivity contribution in [1.29, 1.82) is 0 Å². The Hall–Kier alpha value is -1.63. The third-order valence-corrected chi connectivity index (χ3v) is 2.21. The molecular formula is C10H11F3N2O2. The van der Waals surface area contributed by atoms with Crippen molar-refractivity contribution in [2.24, 2.45) is 0 Å². The van der Waals surface area contributed by atoms with Crippen LogP contribution in [0.5, 0.6) is 0 Å². The molecule has 1 atom stereocenters. The Morgan fingerprint density at radius 2 is 2.18 bits per heavy atom. The molecule has 94 valence electrons. The van der Waals surface area contributed by atoms with Crippen LogP contribution in [0.2, 0.25) is 0 Å². The van der Waals surface area contributed by atoms with E-state index in [0.717, 1.165) is 6.07 Å². The zero-order valence-corrected chi connectivity index (χ0v) is 8.95. The summed E-state index contributed by atoms with van der Waals surface area (Å²) in [6.07, 6.45) is -2.59. The molecule has 1 unspecified atom stereocenters. The molecule has 0 radical (unpaired) electrons. The molecule has 0 aliphatic carbocycles. The summed E-state index contributed by atoms with van der Waals surface area (Å²) in [5.41, 5.74) is -0.656. The average Bonchev–Trinajstić information content (AvgIpc) is 2.24. The number of aromatic nitrogens is 1. The summed E-state index contributed by atoms with van der Waals surface area (Å²) in [4.78, 5) is 14.2. The fourth-order valence-corrected chi connectivity index (χ4v) is 1.30. The molecular weight excluding hydrogens is 237 g/mol. The first-order valence-corrected chi connectivity index (χ1v) is 4.75. The quantitative estimate of drug-likeness (QED) is 0.843. The molecule has 1 aromatic heterocycles. The first-order valence-electron chi connectivity index (χ1n) is 4.75. The first kappa shape index (κ1) is 13.4. The highest BCUT2D eigenvalue weighted by molar-refractivity contribution is 5.73. The standard InChI is InChI=1S/C10H11F3N2O2/c1-14-8(9(16)17)3-6-2-7(5-15-4-6)10(11,12)13/h2,4-5,8,14H,3H2,1H3,(H,16,17). The van der Waals surface area contributed by atoms with Crippen molar-refractivity contribution >= 4 is 5.97 Å². The summed E-state index contributed by atoms with van der Waals surface area (Å²) >= 11 is 0. The molecule has 1 aromatic rings. The Bertz CT molecular complexity index is 407. The van der Waals surface area contributed by atoms with Crippen molar-refractivity contribution < 1.29 is 23.1 Å². The first-order chi connectivity index (χ1) is 7.84. The van der Waals surface area contributed by atoms with Crippen LogP contribution in [0.4, 0.5) is 13.2 Å². The van der Waals surface area contributed by atoms with Crippen LogP contribution in [0.3, 0.4) is 0 Å². The summed E-state index contributed by atoms with van der Waals surface area (Å²) in [6, 6.07) is -0.0272. The van der Waals surface area contributed by atoms with Crippen LogP contribution in [0.1, 0.15) is 11.1 Å². The molecule has 0 bridgehead atoms. The van der Waals surface area contributed by atoms with Crippen LogP contribution in [0.15, 0.2) is 18.5 Å². The number of nitrogens with one attached hydrogen (secondary N) is 1. The molecule has 17 heavy (non-hydrogen) atoms. The van der Waals surface area contributed by atoms with Crippen molar-refractivity contribution in [3.8, 4) is 0 Å². The predicted octanol–water partition coefficient (Wildman–Crippen LogP) is 1.32. The van der Waals surface area contributed by atoms with Gasteiger partial charge in [-0.1, -0.05) is 0 Å². The van der Waals surface area contributed by atoms with Crippen LogP contribution in [0, 0.1) is 0 Å². The monoisotopic (exact) mass is 248 g/mol. The van der Waals surface area contributed by atoms with E-state index in [9.17, 15) is 18.0 Å². The number of carboxylic acids is 1. The molecule has 0 saturated heterocycles. The van der Waals surface area contributed by atoms with E-state index in [4.69, 9.17) is 5.11 Å². The lowest BCUT2D eigenvalue weighted by Crippen LogP contribution is -2.35. The van der Waals surface area contributed by atoms with E-state index in [-0.39, 0.29) is 12.0 Å². The second-order valence-electron chi connectivity index (χ2n) is 3.46. The molecule has 1 heterocycles. The number of hydrogen-bond donors (Lipinski definition) is 2. The lowest BCUT2D eigenvalue weighted by atomic mass is 10.1. The van der Waals surface area contributed by atoms with Gasteiger partial charge in [0.05, 0.1) is 5.56 Å². The molecule has 0 amide bonds. The van der Waals surface area contributed by atoms with Gasteiger partial charge < -0.3 is 10.4 Å². The molecule has 7 heteroatoms. The minimum absolute atomic E-state index is 0.0528. The second kappa shape index (κ2) is 5.13. The van der Waals surface area contributed by atoms with E-state index < -0.39 is 23.8 Å². The van der Waals surface area contributed by atoms with E-state index in [1.165, 1.54) is 13.2 Å². The fraction of sp³-hybridized carbons (Fsp3) is 0.400. The molecule has 0 aliphatic rings. The molecule has 1 rings (SSSR count). The van der Waals surface area contributed by atoms with Gasteiger partial charge in [0.15, 0.2) is 0 Å². The summed E-state index contributed by atoms with van der Waals surface area (Å²) in [6.45, 7) is 0. The molecule has 0 aliphatic heterocycles. The maximum absolute atomic E-state index is 12.4. The van der Waals surface area contributed by atoms with Gasteiger partial charge in [-0.15, -0.1) is 0 Å². The average molecular weight is 248 g/mol. The van der Waals surface area contributed by atoms with Crippen LogP contribution >= 0.6 is 0 Å². The number of likely N-dealkylation sites (N-methyl/N-ethyl adjacent to an activating group) is 1. The third-order valence-electron chi connectivity index (χ3n) is 2.21. The van der Waals surface area contributed by atoms with Gasteiger partial charge in [0.25, 0.3) is 0 Å². The smallest absolute Gasteiger partial charge is 0.417 e. The summed E-state index contributed by atoms with van der Waals surface area (Å²) < 4.78 is 37.1. The van der Waals surface area contributed by atoms with E-state index in [1.807, 2.05) is 0 Å². The molecule has 0 fully saturated rings. The van der Waals surface area contributed by atoms with Crippen molar-refractivity contribution in [2.75, 3.05) is 7.05 Å². The Labute approximate surface area is 95.5 Å². The fourth-order valence-electron chi connectivity index (χ4n) is 1.30. The Morgan fingerprint density at radius 1 is 1.53 bits per heavy atom. The van der Waals surface area contributed by atoms with Crippen LogP contribution in [0.25, 0.3) is 0 Å². The number of aliphatic carboxylic acids is 1. The van der Waals surface area contributed by atoms with Crippen molar-refractivity contribution in [1.82, 2.24) is 10.3 Å². The Balaban J connectivity index is 2.89. The van der Waals surface area contributed by atoms with E-state index in [1.54, 1.807) is 0 Å². The molecule has 2 N–H and O–H groups in total. The van der Waals surface area contributed by atoms with Gasteiger partial charge in [-0.3, -0.25) is 9.78 Å². The minimum atomic E-state index is -4.47. The van der Waals surface area contributed by atoms with Gasteiger partial charge in [-0.2, -0.15) is 13.2 Å². The number of alkyl halides is 3. The van der Waals surface area contributed by atoms with Crippen molar-refractivity contribution in [3.05, 3.63) is 29.6 Å². The summed E-state index contributed by atoms with van der Waals surface area (Å²) in [5.74, 6) is -1.12. The summed E-state index contributed by atoms with van der Waals surface area (Å²) in [7, 11) is 1.43. The van der Waals surface area contributed by atoms with Crippen molar-refractivity contribution in [3.63, 3.8) is 0 Å². The number of halogens is 3. The van der Waals surface area contributed by atoms with Gasteiger partial charge in [0.2, 0.25) is 0 Å². The molecule has 0 aromatic carbocycles. The van der Waals surface area contributed by atoms with E-state index in [2.05, 4.69) is 10.3 Å². The van der Waals surface area contributed by atoms with Gasteiger partial charge >= 0.3 is 12.1 Å². The van der Waals surface area contributed by atoms with E-state index >= 15 is 0 Å². The Morgan fingerprint density at radius 3 is 2.65 bits per heavy atom. The highest BCUT2D eigenvalue weighted by atomic mass is 19.4. The summed E-state index contributed by atoms with van der Waals surface area (Å²) in [5, 5.41) is 11.3. The van der Waals surface area contributed by atoms with Gasteiger partial charge in [0.1, 0.15) is 6.04 Å². The lowest BCUT2D eigenvalue weighted by Gasteiger charge is -2.12. The maximum atomic E-state index is 12.4. The molecule has 0 saturated carbocycles. The van der Waals surface area contributed by atoms with Crippen LogP contribution in [-0.2, 0) is 17.4 Å². The number of hydrogen-bond acceptors (Lipinski definition) is 3. The third kappa shape index (κ3) is 3.70. The SMILES string of the molecule is CNC(Cc1cncc(C(F)(F)F)c1)C(=O)O. The van der Waals surface area contributed by atoms with Gasteiger partial charge in [-0.05, 0) is 25.1 Å². The highest BCUT2D eigenvalue weighted by Gasteiger charge is 2.31. The van der Waals surface area contributed by atoms with Crippen molar-refractivity contribution in [2.45, 2.75) is 18.6 Å². The minimum Gasteiger partial charge on any atom is -0.480 e. The number of nitrogens with zero attached hydrogens (tertiary/aromatic N) is 1. The largest absolute Gasteiger partial charge is 0.480 e. The second-order valence-corrected chi connectivity index (χ2v) is 3.46. The van der Waals surface area contributed by atoms with Crippen LogP contribution in [-0.4, -0.2) is 29.1 Å². The Kier molecular flexibility index (Phi) is 4.06. The molecule has 4 nitrogen and oxygen atoms in total. The lowest BCUT2D eigenvalue weighted by molar-refractivity contribution is -0.139. The van der Waals surface area contributed by atoms with Crippen LogP contribution < -0.4 is 5.32 Å². The topological polar surface area (TPSA) is 62.2 Å². The molecule has 0 spiro atoms. The zero-order valence-electron chi connectivity index (χ0n) is 8.95. The predicted molar refractivity (Wildman–Crippen MR) is 53.4 cm³/mol. The maximum Gasteiger partial charge on any atom is 0.417 e. The van der Waals surface area contributed by atoms with Gasteiger partial charge in [-0.25, -0.2) is 0 Å². The number of rotatable bonds is 4. The normalized spacial score (nSPS) is 13.4. The number of carboxylic acid groups (broad SMARTS) is 1. The van der Waals surface area contributed by atoms with E-state index in [0.29, 0.717) is 6.20 Å². The number of carbonyl (C=O) groups is 1. The number of pyridine rings is 1. The van der Waals surface area contributed by atoms with Gasteiger partial charge in [0, 0.05) is 12.4 Å². The zero-order chi connectivity index (χ0) is 13.1.